The summed E-state index contributed by atoms with van der Waals surface area (Å²) in [6, 6.07) is 0.568. The minimum absolute atomic E-state index is 0.278. The van der Waals surface area contributed by atoms with Crippen molar-refractivity contribution in [1.82, 2.24) is 4.98 Å². The molecule has 0 amide bonds. The van der Waals surface area contributed by atoms with Gasteiger partial charge in [-0.15, -0.1) is 0 Å². The molecule has 86 valence electrons. The minimum Gasteiger partial charge on any atom is -0.476 e. The third kappa shape index (κ3) is 2.40. The molecule has 0 radical (unpaired) electrons. The Balaban J connectivity index is 3.51. The highest BCUT2D eigenvalue weighted by atomic mass is 127. The van der Waals surface area contributed by atoms with E-state index in [9.17, 15) is 23.7 Å². The van der Waals surface area contributed by atoms with Crippen LogP contribution in [0, 0.1) is 13.7 Å². The molecule has 0 aliphatic heterocycles. The van der Waals surface area contributed by atoms with Crippen LogP contribution in [0.5, 0.6) is 0 Å². The van der Waals surface area contributed by atoms with E-state index < -0.39 is 34.4 Å². The summed E-state index contributed by atoms with van der Waals surface area (Å²) in [5.41, 5.74) is -2.36. The zero-order valence-corrected chi connectivity index (χ0v) is 9.51. The maximum Gasteiger partial charge on any atom is 0.355 e. The molecule has 1 N–H and O–H groups in total. The van der Waals surface area contributed by atoms with Crippen molar-refractivity contribution >= 4 is 34.2 Å². The molecule has 1 aromatic rings. The summed E-state index contributed by atoms with van der Waals surface area (Å²) in [5.74, 6) is -1.59. The number of carboxylic acid groups (broad SMARTS) is 1. The first-order valence-corrected chi connectivity index (χ1v) is 4.78. The molecular weight excluding hydrogens is 341 g/mol. The van der Waals surface area contributed by atoms with E-state index in [-0.39, 0.29) is 3.57 Å². The molecule has 16 heavy (non-hydrogen) atoms. The van der Waals surface area contributed by atoms with E-state index in [1.807, 2.05) is 0 Å². The number of nitrogens with zero attached hydrogens (tertiary/aromatic N) is 2. The second-order valence-corrected chi connectivity index (χ2v) is 3.67. The summed E-state index contributed by atoms with van der Waals surface area (Å²) < 4.78 is 24.3. The lowest BCUT2D eigenvalue weighted by Gasteiger charge is -2.03. The van der Waals surface area contributed by atoms with Gasteiger partial charge in [-0.1, -0.05) is 0 Å². The smallest absolute Gasteiger partial charge is 0.355 e. The Morgan fingerprint density at radius 2 is 2.19 bits per heavy atom. The van der Waals surface area contributed by atoms with E-state index >= 15 is 0 Å². The molecule has 0 unspecified atom stereocenters. The summed E-state index contributed by atoms with van der Waals surface area (Å²) >= 11 is 1.38. The van der Waals surface area contributed by atoms with Gasteiger partial charge in [-0.3, -0.25) is 10.1 Å². The lowest BCUT2D eigenvalue weighted by atomic mass is 10.2. The number of aromatic carboxylic acids is 1. The van der Waals surface area contributed by atoms with E-state index in [1.165, 1.54) is 22.6 Å². The Hall–Kier alpha value is -1.39. The van der Waals surface area contributed by atoms with Crippen LogP contribution in [-0.4, -0.2) is 21.0 Å². The summed E-state index contributed by atoms with van der Waals surface area (Å²) in [7, 11) is 0. The summed E-state index contributed by atoms with van der Waals surface area (Å²) in [6.45, 7) is 0. The van der Waals surface area contributed by atoms with Gasteiger partial charge >= 0.3 is 5.97 Å². The zero-order chi connectivity index (χ0) is 12.5. The van der Waals surface area contributed by atoms with Crippen molar-refractivity contribution < 1.29 is 23.6 Å². The Kier molecular flexibility index (Phi) is 3.67. The maximum absolute atomic E-state index is 12.3. The largest absolute Gasteiger partial charge is 0.476 e. The van der Waals surface area contributed by atoms with Gasteiger partial charge in [-0.05, 0) is 22.6 Å². The number of hydrogen-bond donors (Lipinski definition) is 1. The van der Waals surface area contributed by atoms with Crippen LogP contribution in [0.15, 0.2) is 6.07 Å². The highest BCUT2D eigenvalue weighted by molar-refractivity contribution is 14.1. The highest BCUT2D eigenvalue weighted by Crippen LogP contribution is 2.28. The van der Waals surface area contributed by atoms with Crippen molar-refractivity contribution in [1.29, 1.82) is 0 Å². The highest BCUT2D eigenvalue weighted by Gasteiger charge is 2.25. The van der Waals surface area contributed by atoms with Crippen LogP contribution >= 0.6 is 22.6 Å². The van der Waals surface area contributed by atoms with E-state index in [0.717, 1.165) is 0 Å². The third-order valence-electron chi connectivity index (χ3n) is 1.58. The number of carbonyl (C=O) groups is 1. The van der Waals surface area contributed by atoms with Gasteiger partial charge in [0.1, 0.15) is 9.26 Å². The van der Waals surface area contributed by atoms with Crippen LogP contribution in [0.3, 0.4) is 0 Å². The molecular formula is C7H3F2IN2O4. The van der Waals surface area contributed by atoms with Crippen molar-refractivity contribution in [3.63, 3.8) is 0 Å². The van der Waals surface area contributed by atoms with Crippen LogP contribution in [0.4, 0.5) is 14.5 Å². The summed E-state index contributed by atoms with van der Waals surface area (Å²) in [6.07, 6.45) is -3.06. The monoisotopic (exact) mass is 344 g/mol. The molecule has 0 atom stereocenters. The molecule has 0 spiro atoms. The van der Waals surface area contributed by atoms with Gasteiger partial charge in [0.2, 0.25) is 0 Å². The Morgan fingerprint density at radius 3 is 2.56 bits per heavy atom. The maximum atomic E-state index is 12.3. The molecule has 0 saturated heterocycles. The van der Waals surface area contributed by atoms with Crippen molar-refractivity contribution in [2.24, 2.45) is 0 Å². The van der Waals surface area contributed by atoms with Crippen molar-refractivity contribution in [2.45, 2.75) is 6.43 Å². The van der Waals surface area contributed by atoms with Crippen LogP contribution in [-0.2, 0) is 0 Å². The molecule has 1 rings (SSSR count). The summed E-state index contributed by atoms with van der Waals surface area (Å²) in [4.78, 5) is 23.4. The number of halogens is 3. The first-order valence-electron chi connectivity index (χ1n) is 3.71. The Labute approximate surface area is 101 Å². The average molecular weight is 344 g/mol. The molecule has 0 aliphatic rings. The molecule has 0 aromatic carbocycles. The topological polar surface area (TPSA) is 93.3 Å². The molecule has 9 heteroatoms. The number of aromatic nitrogens is 1. The fourth-order valence-corrected chi connectivity index (χ4v) is 1.63. The van der Waals surface area contributed by atoms with Crippen LogP contribution in [0.1, 0.15) is 22.6 Å². The third-order valence-corrected chi connectivity index (χ3v) is 2.64. The Morgan fingerprint density at radius 1 is 1.62 bits per heavy atom. The molecule has 0 saturated carbocycles. The lowest BCUT2D eigenvalue weighted by molar-refractivity contribution is -0.386. The van der Waals surface area contributed by atoms with Gasteiger partial charge in [0.15, 0.2) is 5.69 Å². The predicted molar refractivity (Wildman–Crippen MR) is 55.5 cm³/mol. The molecule has 0 aliphatic carbocycles. The van der Waals surface area contributed by atoms with Gasteiger partial charge in [0.25, 0.3) is 12.1 Å². The Bertz CT molecular complexity index is 431. The van der Waals surface area contributed by atoms with E-state index in [1.54, 1.807) is 0 Å². The standard InChI is InChI=1S/C7H3F2IN2O4/c8-6(9)2-1-3(12(15)16)4(10)5(11-2)7(13)14/h1,6H,(H,13,14). The summed E-state index contributed by atoms with van der Waals surface area (Å²) in [5, 5.41) is 19.1. The van der Waals surface area contributed by atoms with Crippen molar-refractivity contribution in [3.8, 4) is 0 Å². The normalized spacial score (nSPS) is 10.5. The second-order valence-electron chi connectivity index (χ2n) is 2.59. The first kappa shape index (κ1) is 12.7. The van der Waals surface area contributed by atoms with Gasteiger partial charge in [-0.2, -0.15) is 0 Å². The lowest BCUT2D eigenvalue weighted by Crippen LogP contribution is -2.09. The molecule has 1 heterocycles. The van der Waals surface area contributed by atoms with Crippen molar-refractivity contribution in [2.75, 3.05) is 0 Å². The number of hydrogen-bond acceptors (Lipinski definition) is 4. The molecule has 0 fully saturated rings. The number of carboxylic acids is 1. The van der Waals surface area contributed by atoms with Crippen molar-refractivity contribution in [3.05, 3.63) is 31.1 Å². The van der Waals surface area contributed by atoms with E-state index in [0.29, 0.717) is 6.07 Å². The van der Waals surface area contributed by atoms with Gasteiger partial charge in [0.05, 0.1) is 4.92 Å². The van der Waals surface area contributed by atoms with Gasteiger partial charge in [0, 0.05) is 6.07 Å². The number of rotatable bonds is 3. The van der Waals surface area contributed by atoms with E-state index in [2.05, 4.69) is 4.98 Å². The van der Waals surface area contributed by atoms with Gasteiger partial charge in [-0.25, -0.2) is 18.6 Å². The molecule has 6 nitrogen and oxygen atoms in total. The van der Waals surface area contributed by atoms with Gasteiger partial charge < -0.3 is 5.11 Å². The minimum atomic E-state index is -3.06. The second kappa shape index (κ2) is 4.63. The zero-order valence-electron chi connectivity index (χ0n) is 7.35. The fourth-order valence-electron chi connectivity index (χ4n) is 0.922. The van der Waals surface area contributed by atoms with Crippen LogP contribution in [0.25, 0.3) is 0 Å². The fraction of sp³-hybridized carbons (Fsp3) is 0.143. The SMILES string of the molecule is O=C(O)c1nc(C(F)F)cc([N+](=O)[O-])c1I. The average Bonchev–Trinajstić information content (AvgIpc) is 2.16. The number of nitro groups is 1. The van der Waals surface area contributed by atoms with E-state index in [4.69, 9.17) is 5.11 Å². The predicted octanol–water partition coefficient (Wildman–Crippen LogP) is 2.23. The first-order chi connectivity index (χ1) is 7.34. The molecule has 1 aromatic heterocycles. The molecule has 0 bridgehead atoms. The van der Waals surface area contributed by atoms with Crippen LogP contribution < -0.4 is 0 Å². The number of alkyl halides is 2. The number of pyridine rings is 1. The quantitative estimate of drug-likeness (QED) is 0.516. The van der Waals surface area contributed by atoms with Crippen LogP contribution in [0.2, 0.25) is 0 Å².